The van der Waals surface area contributed by atoms with Gasteiger partial charge in [0.05, 0.1) is 0 Å². The fraction of sp³-hybridized carbons (Fsp3) is 0.455. The van der Waals surface area contributed by atoms with E-state index in [0.717, 1.165) is 17.9 Å². The van der Waals surface area contributed by atoms with E-state index in [9.17, 15) is 8.42 Å². The van der Waals surface area contributed by atoms with Crippen LogP contribution < -0.4 is 0 Å². The highest BCUT2D eigenvalue weighted by Crippen LogP contribution is 2.30. The van der Waals surface area contributed by atoms with Gasteiger partial charge in [-0.1, -0.05) is 23.7 Å². The lowest BCUT2D eigenvalue weighted by Crippen LogP contribution is -2.35. The van der Waals surface area contributed by atoms with Crippen LogP contribution in [0.3, 0.4) is 0 Å². The minimum atomic E-state index is -3.55. The van der Waals surface area contributed by atoms with Crippen LogP contribution >= 0.6 is 22.3 Å². The molecular weight excluding hydrogens is 281 g/mol. The average Bonchev–Trinajstić information content (AvgIpc) is 2.29. The first kappa shape index (κ1) is 13.1. The zero-order valence-corrected chi connectivity index (χ0v) is 11.5. The molecule has 94 valence electrons. The molecule has 0 saturated carbocycles. The van der Waals surface area contributed by atoms with Gasteiger partial charge < -0.3 is 0 Å². The van der Waals surface area contributed by atoms with E-state index in [-0.39, 0.29) is 0 Å². The summed E-state index contributed by atoms with van der Waals surface area (Å²) in [6.07, 6.45) is 1.60. The van der Waals surface area contributed by atoms with E-state index in [4.69, 9.17) is 22.3 Å². The van der Waals surface area contributed by atoms with Crippen molar-refractivity contribution in [3.05, 3.63) is 34.9 Å². The first-order chi connectivity index (χ1) is 7.97. The molecule has 0 bridgehead atoms. The number of halogens is 2. The molecule has 1 fully saturated rings. The van der Waals surface area contributed by atoms with E-state index in [1.165, 1.54) is 9.87 Å². The van der Waals surface area contributed by atoms with Crippen LogP contribution in [0, 0.1) is 0 Å². The first-order valence-electron chi connectivity index (χ1n) is 5.42. The number of rotatable bonds is 2. The van der Waals surface area contributed by atoms with Gasteiger partial charge in [0.2, 0.25) is 0 Å². The van der Waals surface area contributed by atoms with Gasteiger partial charge in [0, 0.05) is 28.8 Å². The maximum absolute atomic E-state index is 11.1. The molecule has 1 aromatic carbocycles. The fourth-order valence-electron chi connectivity index (χ4n) is 2.14. The van der Waals surface area contributed by atoms with Crippen molar-refractivity contribution in [1.29, 1.82) is 0 Å². The van der Waals surface area contributed by atoms with Crippen molar-refractivity contribution in [3.63, 3.8) is 0 Å². The van der Waals surface area contributed by atoms with Crippen LogP contribution in [0.15, 0.2) is 24.3 Å². The van der Waals surface area contributed by atoms with Crippen molar-refractivity contribution in [2.75, 3.05) is 13.1 Å². The lowest BCUT2D eigenvalue weighted by molar-refractivity contribution is 0.325. The largest absolute Gasteiger partial charge is 0.299 e. The minimum absolute atomic E-state index is 0.391. The van der Waals surface area contributed by atoms with Crippen LogP contribution in [0.4, 0.5) is 0 Å². The molecule has 1 heterocycles. The molecule has 0 aliphatic carbocycles. The third-order valence-electron chi connectivity index (χ3n) is 3.10. The molecule has 1 aromatic rings. The molecule has 6 heteroatoms. The molecular formula is C11H13Cl2NO2S. The van der Waals surface area contributed by atoms with Gasteiger partial charge in [0.25, 0.3) is 9.24 Å². The van der Waals surface area contributed by atoms with Gasteiger partial charge in [-0.05, 0) is 36.5 Å². The Hall–Kier alpha value is -0.290. The van der Waals surface area contributed by atoms with E-state index in [2.05, 4.69) is 0 Å². The molecule has 2 rings (SSSR count). The van der Waals surface area contributed by atoms with Crippen LogP contribution in [0.2, 0.25) is 5.02 Å². The highest BCUT2D eigenvalue weighted by atomic mass is 35.7. The summed E-state index contributed by atoms with van der Waals surface area (Å²) >= 11 is 5.83. The molecule has 0 atom stereocenters. The van der Waals surface area contributed by atoms with Crippen molar-refractivity contribution in [1.82, 2.24) is 4.31 Å². The summed E-state index contributed by atoms with van der Waals surface area (Å²) < 4.78 is 23.6. The number of hydrogen-bond acceptors (Lipinski definition) is 2. The molecule has 1 aliphatic heterocycles. The summed E-state index contributed by atoms with van der Waals surface area (Å²) in [5.41, 5.74) is 1.21. The maximum atomic E-state index is 11.1. The second kappa shape index (κ2) is 5.14. The molecule has 0 radical (unpaired) electrons. The standard InChI is InChI=1S/C11H13Cl2NO2S/c12-11-3-1-9(2-4-11)10-5-7-14(8-6-10)17(13,15)16/h1-4,10H,5-8H2. The fourth-order valence-corrected chi connectivity index (χ4v) is 3.33. The van der Waals surface area contributed by atoms with Crippen molar-refractivity contribution in [2.45, 2.75) is 18.8 Å². The minimum Gasteiger partial charge on any atom is -0.195 e. The molecule has 3 nitrogen and oxygen atoms in total. The first-order valence-corrected chi connectivity index (χ1v) is 8.06. The summed E-state index contributed by atoms with van der Waals surface area (Å²) in [7, 11) is 1.75. The Labute approximate surface area is 111 Å². The number of hydrogen-bond donors (Lipinski definition) is 0. The lowest BCUT2D eigenvalue weighted by atomic mass is 9.90. The topological polar surface area (TPSA) is 37.4 Å². The lowest BCUT2D eigenvalue weighted by Gasteiger charge is -2.29. The molecule has 17 heavy (non-hydrogen) atoms. The Morgan fingerprint density at radius 3 is 2.12 bits per heavy atom. The molecule has 1 saturated heterocycles. The van der Waals surface area contributed by atoms with Crippen molar-refractivity contribution >= 4 is 31.5 Å². The van der Waals surface area contributed by atoms with Crippen molar-refractivity contribution in [2.24, 2.45) is 0 Å². The van der Waals surface area contributed by atoms with Gasteiger partial charge in [-0.3, -0.25) is 0 Å². The number of nitrogens with zero attached hydrogens (tertiary/aromatic N) is 1. The summed E-state index contributed by atoms with van der Waals surface area (Å²) in [5, 5.41) is 0.717. The summed E-state index contributed by atoms with van der Waals surface area (Å²) in [5.74, 6) is 0.391. The number of piperidine rings is 1. The quantitative estimate of drug-likeness (QED) is 0.786. The Bertz CT molecular complexity index is 479. The van der Waals surface area contributed by atoms with Gasteiger partial charge in [0.15, 0.2) is 0 Å². The Balaban J connectivity index is 2.02. The second-order valence-corrected chi connectivity index (χ2v) is 7.11. The third kappa shape index (κ3) is 3.35. The molecule has 0 spiro atoms. The zero-order valence-electron chi connectivity index (χ0n) is 9.14. The Morgan fingerprint density at radius 2 is 1.65 bits per heavy atom. The van der Waals surface area contributed by atoms with Crippen LogP contribution in [-0.4, -0.2) is 25.8 Å². The predicted molar refractivity (Wildman–Crippen MR) is 69.8 cm³/mol. The Kier molecular flexibility index (Phi) is 3.98. The second-order valence-electron chi connectivity index (χ2n) is 4.17. The summed E-state index contributed by atoms with van der Waals surface area (Å²) in [6, 6.07) is 7.72. The maximum Gasteiger partial charge on any atom is 0.299 e. The third-order valence-corrected chi connectivity index (χ3v) is 4.92. The summed E-state index contributed by atoms with van der Waals surface area (Å²) in [6.45, 7) is 0.970. The van der Waals surface area contributed by atoms with E-state index in [1.807, 2.05) is 24.3 Å². The molecule has 1 aliphatic rings. The molecule has 0 aromatic heterocycles. The van der Waals surface area contributed by atoms with Crippen LogP contribution in [-0.2, 0) is 9.24 Å². The number of benzene rings is 1. The van der Waals surface area contributed by atoms with Gasteiger partial charge in [-0.25, -0.2) is 0 Å². The Morgan fingerprint density at radius 1 is 1.12 bits per heavy atom. The van der Waals surface area contributed by atoms with Crippen LogP contribution in [0.1, 0.15) is 24.3 Å². The van der Waals surface area contributed by atoms with Crippen molar-refractivity contribution in [3.8, 4) is 0 Å². The molecule has 0 unspecified atom stereocenters. The van der Waals surface area contributed by atoms with Gasteiger partial charge in [-0.15, -0.1) is 0 Å². The van der Waals surface area contributed by atoms with E-state index < -0.39 is 9.24 Å². The zero-order chi connectivity index (χ0) is 12.5. The SMILES string of the molecule is O=S(=O)(Cl)N1CCC(c2ccc(Cl)cc2)CC1. The van der Waals surface area contributed by atoms with Crippen LogP contribution in [0.25, 0.3) is 0 Å². The van der Waals surface area contributed by atoms with E-state index in [0.29, 0.717) is 19.0 Å². The molecule has 0 amide bonds. The highest BCUT2D eigenvalue weighted by Gasteiger charge is 2.26. The molecule has 0 N–H and O–H groups in total. The van der Waals surface area contributed by atoms with Gasteiger partial charge in [-0.2, -0.15) is 12.7 Å². The predicted octanol–water partition coefficient (Wildman–Crippen LogP) is 3.00. The van der Waals surface area contributed by atoms with Crippen LogP contribution in [0.5, 0.6) is 0 Å². The van der Waals surface area contributed by atoms with Crippen molar-refractivity contribution < 1.29 is 8.42 Å². The highest BCUT2D eigenvalue weighted by molar-refractivity contribution is 8.11. The average molecular weight is 294 g/mol. The monoisotopic (exact) mass is 293 g/mol. The smallest absolute Gasteiger partial charge is 0.195 e. The van der Waals surface area contributed by atoms with Gasteiger partial charge in [0.1, 0.15) is 0 Å². The summed E-state index contributed by atoms with van der Waals surface area (Å²) in [4.78, 5) is 0. The normalized spacial score (nSPS) is 19.4. The van der Waals surface area contributed by atoms with E-state index >= 15 is 0 Å². The van der Waals surface area contributed by atoms with E-state index in [1.54, 1.807) is 0 Å². The van der Waals surface area contributed by atoms with Gasteiger partial charge >= 0.3 is 0 Å².